The first-order valence-electron chi connectivity index (χ1n) is 6.22. The lowest BCUT2D eigenvalue weighted by Gasteiger charge is -2.34. The number of piperidine rings is 1. The highest BCUT2D eigenvalue weighted by molar-refractivity contribution is 7.88. The maximum atomic E-state index is 12.1. The fourth-order valence-electron chi connectivity index (χ4n) is 2.07. The molecule has 106 valence electrons. The van der Waals surface area contributed by atoms with E-state index in [2.05, 4.69) is 4.72 Å². The van der Waals surface area contributed by atoms with Crippen LogP contribution in [0.4, 0.5) is 0 Å². The van der Waals surface area contributed by atoms with Crippen molar-refractivity contribution in [1.82, 2.24) is 9.62 Å². The number of amides is 1. The number of nitrogens with zero attached hydrogens (tertiary/aromatic N) is 1. The normalized spacial score (nSPS) is 23.2. The molecule has 1 heterocycles. The lowest BCUT2D eigenvalue weighted by molar-refractivity contribution is -0.134. The summed E-state index contributed by atoms with van der Waals surface area (Å²) >= 11 is 0. The SMILES string of the molecule is CC(C)[C@H](N)C(=O)N1CCCC(NS(C)(=O)=O)C1. The highest BCUT2D eigenvalue weighted by Gasteiger charge is 2.29. The molecule has 0 spiro atoms. The first kappa shape index (κ1) is 15.4. The first-order valence-corrected chi connectivity index (χ1v) is 8.11. The van der Waals surface area contributed by atoms with E-state index in [1.165, 1.54) is 0 Å². The molecule has 1 unspecified atom stereocenters. The van der Waals surface area contributed by atoms with Crippen LogP contribution in [0.25, 0.3) is 0 Å². The highest BCUT2D eigenvalue weighted by Crippen LogP contribution is 2.13. The summed E-state index contributed by atoms with van der Waals surface area (Å²) in [4.78, 5) is 13.7. The standard InChI is InChI=1S/C11H23N3O3S/c1-8(2)10(12)11(15)14-6-4-5-9(7-14)13-18(3,16)17/h8-10,13H,4-7,12H2,1-3H3/t9?,10-/m0/s1. The Morgan fingerprint density at radius 3 is 2.56 bits per heavy atom. The van der Waals surface area contributed by atoms with E-state index in [0.29, 0.717) is 13.1 Å². The van der Waals surface area contributed by atoms with Crippen molar-refractivity contribution in [2.75, 3.05) is 19.3 Å². The second-order valence-corrected chi connectivity index (χ2v) is 7.06. The maximum Gasteiger partial charge on any atom is 0.239 e. The van der Waals surface area contributed by atoms with E-state index in [0.717, 1.165) is 19.1 Å². The average Bonchev–Trinajstić information content (AvgIpc) is 2.25. The molecule has 0 aromatic rings. The van der Waals surface area contributed by atoms with Gasteiger partial charge >= 0.3 is 0 Å². The van der Waals surface area contributed by atoms with Gasteiger partial charge in [0.2, 0.25) is 15.9 Å². The lowest BCUT2D eigenvalue weighted by Crippen LogP contribution is -2.54. The third-order valence-electron chi connectivity index (χ3n) is 3.12. The van der Waals surface area contributed by atoms with Crippen molar-refractivity contribution in [3.8, 4) is 0 Å². The molecule has 0 aromatic carbocycles. The van der Waals surface area contributed by atoms with E-state index in [1.54, 1.807) is 4.90 Å². The summed E-state index contributed by atoms with van der Waals surface area (Å²) in [6.45, 7) is 4.87. The van der Waals surface area contributed by atoms with Crippen LogP contribution >= 0.6 is 0 Å². The number of nitrogens with one attached hydrogen (secondary N) is 1. The van der Waals surface area contributed by atoms with E-state index in [-0.39, 0.29) is 17.9 Å². The Kier molecular flexibility index (Phi) is 5.12. The Morgan fingerprint density at radius 2 is 2.06 bits per heavy atom. The van der Waals surface area contributed by atoms with E-state index < -0.39 is 16.1 Å². The summed E-state index contributed by atoms with van der Waals surface area (Å²) in [6.07, 6.45) is 2.69. The van der Waals surface area contributed by atoms with Crippen molar-refractivity contribution >= 4 is 15.9 Å². The first-order chi connectivity index (χ1) is 8.20. The Bertz CT molecular complexity index is 394. The zero-order valence-electron chi connectivity index (χ0n) is 11.2. The summed E-state index contributed by atoms with van der Waals surface area (Å²) < 4.78 is 24.9. The molecule has 1 amide bonds. The number of hydrogen-bond donors (Lipinski definition) is 2. The molecule has 0 saturated carbocycles. The van der Waals surface area contributed by atoms with Crippen molar-refractivity contribution in [2.45, 2.75) is 38.8 Å². The summed E-state index contributed by atoms with van der Waals surface area (Å²) in [7, 11) is -3.23. The highest BCUT2D eigenvalue weighted by atomic mass is 32.2. The number of rotatable bonds is 4. The number of carbonyl (C=O) groups is 1. The average molecular weight is 277 g/mol. The Morgan fingerprint density at radius 1 is 1.44 bits per heavy atom. The monoisotopic (exact) mass is 277 g/mol. The molecule has 1 aliphatic rings. The van der Waals surface area contributed by atoms with Crippen LogP contribution in [0, 0.1) is 5.92 Å². The van der Waals surface area contributed by atoms with Crippen LogP contribution in [0.3, 0.4) is 0 Å². The quantitative estimate of drug-likeness (QED) is 0.725. The molecular weight excluding hydrogens is 254 g/mol. The van der Waals surface area contributed by atoms with Crippen LogP contribution in [-0.2, 0) is 14.8 Å². The van der Waals surface area contributed by atoms with Crippen LogP contribution in [0.5, 0.6) is 0 Å². The Hall–Kier alpha value is -0.660. The van der Waals surface area contributed by atoms with Crippen molar-refractivity contribution in [2.24, 2.45) is 11.7 Å². The molecule has 0 bridgehead atoms. The van der Waals surface area contributed by atoms with Gasteiger partial charge in [0.15, 0.2) is 0 Å². The van der Waals surface area contributed by atoms with E-state index in [1.807, 2.05) is 13.8 Å². The van der Waals surface area contributed by atoms with Gasteiger partial charge in [-0.3, -0.25) is 4.79 Å². The molecule has 3 N–H and O–H groups in total. The zero-order chi connectivity index (χ0) is 13.9. The van der Waals surface area contributed by atoms with Gasteiger partial charge in [0.1, 0.15) is 0 Å². The fourth-order valence-corrected chi connectivity index (χ4v) is 2.87. The molecule has 2 atom stereocenters. The van der Waals surface area contributed by atoms with Gasteiger partial charge in [-0.15, -0.1) is 0 Å². The van der Waals surface area contributed by atoms with Gasteiger partial charge in [0.25, 0.3) is 0 Å². The van der Waals surface area contributed by atoms with E-state index in [4.69, 9.17) is 5.73 Å². The lowest BCUT2D eigenvalue weighted by atomic mass is 10.0. The van der Waals surface area contributed by atoms with Gasteiger partial charge in [-0.05, 0) is 18.8 Å². The maximum absolute atomic E-state index is 12.1. The minimum Gasteiger partial charge on any atom is -0.340 e. The summed E-state index contributed by atoms with van der Waals surface area (Å²) in [5.74, 6) is -0.00857. The number of sulfonamides is 1. The van der Waals surface area contributed by atoms with Gasteiger partial charge in [0, 0.05) is 19.1 Å². The molecule has 0 aliphatic carbocycles. The molecule has 1 saturated heterocycles. The minimum atomic E-state index is -3.23. The molecule has 1 rings (SSSR count). The smallest absolute Gasteiger partial charge is 0.239 e. The van der Waals surface area contributed by atoms with Crippen LogP contribution < -0.4 is 10.5 Å². The topological polar surface area (TPSA) is 92.5 Å². The van der Waals surface area contributed by atoms with Crippen LogP contribution in [0.1, 0.15) is 26.7 Å². The largest absolute Gasteiger partial charge is 0.340 e. The summed E-state index contributed by atoms with van der Waals surface area (Å²) in [5.41, 5.74) is 5.83. The third kappa shape index (κ3) is 4.55. The summed E-state index contributed by atoms with van der Waals surface area (Å²) in [5, 5.41) is 0. The van der Waals surface area contributed by atoms with Crippen molar-refractivity contribution in [3.05, 3.63) is 0 Å². The number of likely N-dealkylation sites (tertiary alicyclic amines) is 1. The molecule has 0 radical (unpaired) electrons. The van der Waals surface area contributed by atoms with Crippen molar-refractivity contribution < 1.29 is 13.2 Å². The molecule has 6 nitrogen and oxygen atoms in total. The van der Waals surface area contributed by atoms with Gasteiger partial charge in [-0.1, -0.05) is 13.8 Å². The van der Waals surface area contributed by atoms with Gasteiger partial charge in [0.05, 0.1) is 12.3 Å². The van der Waals surface area contributed by atoms with Crippen molar-refractivity contribution in [1.29, 1.82) is 0 Å². The predicted octanol–water partition coefficient (Wildman–Crippen LogP) is -0.490. The zero-order valence-corrected chi connectivity index (χ0v) is 12.0. The molecule has 0 aromatic heterocycles. The second-order valence-electron chi connectivity index (χ2n) is 5.28. The second kappa shape index (κ2) is 5.99. The molecule has 18 heavy (non-hydrogen) atoms. The fraction of sp³-hybridized carbons (Fsp3) is 0.909. The molecule has 7 heteroatoms. The Balaban J connectivity index is 2.61. The van der Waals surface area contributed by atoms with Crippen LogP contribution in [0.15, 0.2) is 0 Å². The number of carbonyl (C=O) groups excluding carboxylic acids is 1. The minimum absolute atomic E-state index is 0.0840. The van der Waals surface area contributed by atoms with Gasteiger partial charge in [-0.2, -0.15) is 0 Å². The third-order valence-corrected chi connectivity index (χ3v) is 3.88. The van der Waals surface area contributed by atoms with E-state index >= 15 is 0 Å². The van der Waals surface area contributed by atoms with Crippen LogP contribution in [-0.4, -0.2) is 50.7 Å². The van der Waals surface area contributed by atoms with E-state index in [9.17, 15) is 13.2 Å². The number of nitrogens with two attached hydrogens (primary N) is 1. The predicted molar refractivity (Wildman–Crippen MR) is 70.4 cm³/mol. The molecule has 1 fully saturated rings. The Labute approximate surface area is 109 Å². The molecule has 1 aliphatic heterocycles. The summed E-state index contributed by atoms with van der Waals surface area (Å²) in [6, 6.07) is -0.709. The van der Waals surface area contributed by atoms with Crippen molar-refractivity contribution in [3.63, 3.8) is 0 Å². The van der Waals surface area contributed by atoms with Gasteiger partial charge < -0.3 is 10.6 Å². The van der Waals surface area contributed by atoms with Crippen LogP contribution in [0.2, 0.25) is 0 Å². The number of hydrogen-bond acceptors (Lipinski definition) is 4. The molecular formula is C11H23N3O3S. The van der Waals surface area contributed by atoms with Gasteiger partial charge in [-0.25, -0.2) is 13.1 Å².